The van der Waals surface area contributed by atoms with Crippen molar-refractivity contribution in [2.75, 3.05) is 14.2 Å². The summed E-state index contributed by atoms with van der Waals surface area (Å²) in [5.41, 5.74) is 0.603. The van der Waals surface area contributed by atoms with E-state index in [2.05, 4.69) is 20.7 Å². The van der Waals surface area contributed by atoms with Crippen LogP contribution in [0.1, 0.15) is 6.42 Å². The standard InChI is InChI=1S/C9H11BrO4/c1-12-5-3-4-6(9(11)13-2)7(10)8(5)14-4/h4-5,8H,3H2,1-2H3/t4-,5+,8+/m1/s1. The van der Waals surface area contributed by atoms with Crippen molar-refractivity contribution in [3.8, 4) is 0 Å². The minimum atomic E-state index is -0.320. The third kappa shape index (κ3) is 1.31. The van der Waals surface area contributed by atoms with E-state index in [-0.39, 0.29) is 24.3 Å². The molecule has 2 rings (SSSR count). The van der Waals surface area contributed by atoms with Crippen molar-refractivity contribution in [1.29, 1.82) is 0 Å². The van der Waals surface area contributed by atoms with Crippen molar-refractivity contribution < 1.29 is 19.0 Å². The first kappa shape index (κ1) is 10.1. The summed E-state index contributed by atoms with van der Waals surface area (Å²) in [5.74, 6) is -0.320. The van der Waals surface area contributed by atoms with Gasteiger partial charge < -0.3 is 14.2 Å². The molecule has 0 aromatic carbocycles. The Morgan fingerprint density at radius 1 is 1.57 bits per heavy atom. The largest absolute Gasteiger partial charge is 0.466 e. The van der Waals surface area contributed by atoms with E-state index in [1.807, 2.05) is 0 Å². The summed E-state index contributed by atoms with van der Waals surface area (Å²) >= 11 is 3.36. The van der Waals surface area contributed by atoms with Crippen molar-refractivity contribution in [2.24, 2.45) is 0 Å². The van der Waals surface area contributed by atoms with Crippen LogP contribution in [0.25, 0.3) is 0 Å². The van der Waals surface area contributed by atoms with E-state index in [0.717, 1.165) is 10.9 Å². The molecule has 14 heavy (non-hydrogen) atoms. The number of hydrogen-bond donors (Lipinski definition) is 0. The number of carbonyl (C=O) groups is 1. The fraction of sp³-hybridized carbons (Fsp3) is 0.667. The molecule has 0 radical (unpaired) electrons. The summed E-state index contributed by atoms with van der Waals surface area (Å²) in [4.78, 5) is 11.4. The number of hydrogen-bond acceptors (Lipinski definition) is 4. The molecule has 3 atom stereocenters. The second-order valence-corrected chi connectivity index (χ2v) is 4.16. The van der Waals surface area contributed by atoms with E-state index in [1.165, 1.54) is 7.11 Å². The molecule has 0 unspecified atom stereocenters. The van der Waals surface area contributed by atoms with E-state index < -0.39 is 0 Å². The molecule has 0 aromatic heterocycles. The molecular weight excluding hydrogens is 252 g/mol. The van der Waals surface area contributed by atoms with Crippen molar-refractivity contribution in [3.05, 3.63) is 10.1 Å². The van der Waals surface area contributed by atoms with Crippen LogP contribution in [0, 0.1) is 0 Å². The van der Waals surface area contributed by atoms with Gasteiger partial charge in [0.1, 0.15) is 6.10 Å². The molecule has 1 saturated heterocycles. The number of carbonyl (C=O) groups excluding carboxylic acids is 1. The maximum atomic E-state index is 11.4. The van der Waals surface area contributed by atoms with Crippen molar-refractivity contribution >= 4 is 21.9 Å². The first-order valence-corrected chi connectivity index (χ1v) is 5.14. The molecule has 2 aliphatic rings. The van der Waals surface area contributed by atoms with Gasteiger partial charge in [0, 0.05) is 18.0 Å². The molecule has 2 bridgehead atoms. The van der Waals surface area contributed by atoms with Gasteiger partial charge in [-0.25, -0.2) is 4.79 Å². The van der Waals surface area contributed by atoms with Gasteiger partial charge in [-0.2, -0.15) is 0 Å². The summed E-state index contributed by atoms with van der Waals surface area (Å²) in [5, 5.41) is 0. The molecule has 2 aliphatic heterocycles. The lowest BCUT2D eigenvalue weighted by atomic mass is 9.97. The van der Waals surface area contributed by atoms with Gasteiger partial charge in [-0.15, -0.1) is 0 Å². The lowest BCUT2D eigenvalue weighted by molar-refractivity contribution is -0.137. The van der Waals surface area contributed by atoms with E-state index in [9.17, 15) is 4.79 Å². The van der Waals surface area contributed by atoms with Crippen molar-refractivity contribution in [3.63, 3.8) is 0 Å². The molecular formula is C9H11BrO4. The minimum absolute atomic E-state index is 0.0442. The molecule has 2 heterocycles. The lowest BCUT2D eigenvalue weighted by Gasteiger charge is -2.18. The summed E-state index contributed by atoms with van der Waals surface area (Å²) < 4.78 is 16.3. The number of rotatable bonds is 2. The molecule has 0 saturated carbocycles. The molecule has 0 aliphatic carbocycles. The average molecular weight is 263 g/mol. The predicted molar refractivity (Wildman–Crippen MR) is 52.0 cm³/mol. The molecule has 0 aromatic rings. The van der Waals surface area contributed by atoms with Crippen molar-refractivity contribution in [2.45, 2.75) is 24.7 Å². The Balaban J connectivity index is 2.25. The normalized spacial score (nSPS) is 35.2. The van der Waals surface area contributed by atoms with Gasteiger partial charge >= 0.3 is 5.97 Å². The second kappa shape index (κ2) is 3.64. The number of fused-ring (bicyclic) bond motifs is 2. The highest BCUT2D eigenvalue weighted by atomic mass is 79.9. The van der Waals surface area contributed by atoms with Crippen LogP contribution in [0.15, 0.2) is 10.1 Å². The number of methoxy groups -OCH3 is 2. The Labute approximate surface area is 90.3 Å². The van der Waals surface area contributed by atoms with Crippen LogP contribution >= 0.6 is 15.9 Å². The molecule has 78 valence electrons. The Hall–Kier alpha value is -0.390. The predicted octanol–water partition coefficient (Wildman–Crippen LogP) is 0.994. The SMILES string of the molecule is COC(=O)C1=C(Br)[C@H]2O[C@@H]1C[C@@H]2OC. The van der Waals surface area contributed by atoms with E-state index in [0.29, 0.717) is 5.57 Å². The minimum Gasteiger partial charge on any atom is -0.466 e. The van der Waals surface area contributed by atoms with Gasteiger partial charge in [0.05, 0.1) is 24.9 Å². The Morgan fingerprint density at radius 3 is 2.79 bits per heavy atom. The maximum absolute atomic E-state index is 11.4. The topological polar surface area (TPSA) is 44.8 Å². The zero-order chi connectivity index (χ0) is 10.3. The fourth-order valence-electron chi connectivity index (χ4n) is 1.93. The Bertz CT molecular complexity index is 299. The second-order valence-electron chi connectivity index (χ2n) is 3.31. The van der Waals surface area contributed by atoms with Crippen LogP contribution < -0.4 is 0 Å². The molecule has 4 nitrogen and oxygen atoms in total. The van der Waals surface area contributed by atoms with E-state index in [1.54, 1.807) is 7.11 Å². The van der Waals surface area contributed by atoms with Crippen LogP contribution in [0.3, 0.4) is 0 Å². The molecule has 0 N–H and O–H groups in total. The summed E-state index contributed by atoms with van der Waals surface area (Å²) in [6, 6.07) is 0. The van der Waals surface area contributed by atoms with Gasteiger partial charge in [0.25, 0.3) is 0 Å². The van der Waals surface area contributed by atoms with Crippen LogP contribution in [0.2, 0.25) is 0 Å². The highest BCUT2D eigenvalue weighted by molar-refractivity contribution is 9.11. The quantitative estimate of drug-likeness (QED) is 0.697. The molecule has 0 spiro atoms. The highest BCUT2D eigenvalue weighted by Crippen LogP contribution is 2.43. The maximum Gasteiger partial charge on any atom is 0.337 e. The smallest absolute Gasteiger partial charge is 0.337 e. The lowest BCUT2D eigenvalue weighted by Crippen LogP contribution is -2.27. The highest BCUT2D eigenvalue weighted by Gasteiger charge is 2.49. The number of ether oxygens (including phenoxy) is 3. The molecule has 0 amide bonds. The van der Waals surface area contributed by atoms with Gasteiger partial charge in [-0.3, -0.25) is 0 Å². The zero-order valence-electron chi connectivity index (χ0n) is 7.95. The average Bonchev–Trinajstić information content (AvgIpc) is 2.73. The Morgan fingerprint density at radius 2 is 2.29 bits per heavy atom. The van der Waals surface area contributed by atoms with Crippen LogP contribution in [0.5, 0.6) is 0 Å². The Kier molecular flexibility index (Phi) is 2.64. The summed E-state index contributed by atoms with van der Waals surface area (Å²) in [6.45, 7) is 0. The van der Waals surface area contributed by atoms with Gasteiger partial charge in [0.15, 0.2) is 0 Å². The first-order chi connectivity index (χ1) is 6.69. The third-order valence-corrected chi connectivity index (χ3v) is 3.51. The zero-order valence-corrected chi connectivity index (χ0v) is 9.54. The first-order valence-electron chi connectivity index (χ1n) is 4.35. The monoisotopic (exact) mass is 262 g/mol. The van der Waals surface area contributed by atoms with Crippen molar-refractivity contribution in [1.82, 2.24) is 0 Å². The fourth-order valence-corrected chi connectivity index (χ4v) is 2.75. The van der Waals surface area contributed by atoms with Crippen LogP contribution in [0.4, 0.5) is 0 Å². The summed E-state index contributed by atoms with van der Waals surface area (Å²) in [6.07, 6.45) is 0.453. The van der Waals surface area contributed by atoms with E-state index >= 15 is 0 Å². The molecule has 5 heteroatoms. The number of esters is 1. The summed E-state index contributed by atoms with van der Waals surface area (Å²) in [7, 11) is 3.02. The van der Waals surface area contributed by atoms with Crippen LogP contribution in [-0.4, -0.2) is 38.5 Å². The van der Waals surface area contributed by atoms with Gasteiger partial charge in [-0.05, 0) is 0 Å². The molecule has 1 fully saturated rings. The van der Waals surface area contributed by atoms with Gasteiger partial charge in [-0.1, -0.05) is 15.9 Å². The van der Waals surface area contributed by atoms with Gasteiger partial charge in [0.2, 0.25) is 0 Å². The van der Waals surface area contributed by atoms with E-state index in [4.69, 9.17) is 9.47 Å². The third-order valence-electron chi connectivity index (χ3n) is 2.63. The van der Waals surface area contributed by atoms with Crippen LogP contribution in [-0.2, 0) is 19.0 Å². The number of halogens is 1.